The van der Waals surface area contributed by atoms with Crippen molar-refractivity contribution in [3.63, 3.8) is 0 Å². The highest BCUT2D eigenvalue weighted by Gasteiger charge is 2.14. The fraction of sp³-hybridized carbons (Fsp3) is 0.333. The Hall–Kier alpha value is -1.36. The first kappa shape index (κ1) is 15.0. The van der Waals surface area contributed by atoms with Gasteiger partial charge in [0.2, 0.25) is 0 Å². The van der Waals surface area contributed by atoms with Crippen LogP contribution in [-0.4, -0.2) is 11.1 Å². The van der Waals surface area contributed by atoms with Gasteiger partial charge < -0.3 is 14.8 Å². The van der Waals surface area contributed by atoms with Gasteiger partial charge in [-0.05, 0) is 43.2 Å². The highest BCUT2D eigenvalue weighted by Crippen LogP contribution is 2.19. The third-order valence-electron chi connectivity index (χ3n) is 3.09. The Bertz CT molecular complexity index is 545. The fourth-order valence-electron chi connectivity index (χ4n) is 1.96. The molecule has 2 N–H and O–H groups in total. The molecule has 108 valence electrons. The molecular formula is C15H17ClFNO2. The Balaban J connectivity index is 1.82. The highest BCUT2D eigenvalue weighted by atomic mass is 35.5. The van der Waals surface area contributed by atoms with Crippen LogP contribution >= 0.6 is 11.6 Å². The molecule has 3 nitrogen and oxygen atoms in total. The van der Waals surface area contributed by atoms with E-state index in [0.717, 1.165) is 5.56 Å². The van der Waals surface area contributed by atoms with E-state index in [9.17, 15) is 9.50 Å². The van der Waals surface area contributed by atoms with Crippen molar-refractivity contribution in [2.75, 3.05) is 0 Å². The molecule has 2 unspecified atom stereocenters. The second-order valence-corrected chi connectivity index (χ2v) is 5.20. The number of furan rings is 1. The molecule has 1 aromatic heterocycles. The minimum absolute atomic E-state index is 0.0637. The molecule has 0 aliphatic rings. The van der Waals surface area contributed by atoms with E-state index in [1.165, 1.54) is 18.4 Å². The van der Waals surface area contributed by atoms with Crippen molar-refractivity contribution >= 4 is 11.6 Å². The molecule has 0 spiro atoms. The summed E-state index contributed by atoms with van der Waals surface area (Å²) >= 11 is 5.63. The predicted octanol–water partition coefficient (Wildman–Crippen LogP) is 3.67. The summed E-state index contributed by atoms with van der Waals surface area (Å²) < 4.78 is 18.4. The van der Waals surface area contributed by atoms with E-state index in [1.54, 1.807) is 18.2 Å². The van der Waals surface area contributed by atoms with Crippen LogP contribution < -0.4 is 5.32 Å². The van der Waals surface area contributed by atoms with Crippen LogP contribution in [0.15, 0.2) is 41.0 Å². The van der Waals surface area contributed by atoms with Crippen LogP contribution in [0.3, 0.4) is 0 Å². The maximum Gasteiger partial charge on any atom is 0.142 e. The summed E-state index contributed by atoms with van der Waals surface area (Å²) in [5.41, 5.74) is 0.811. The molecule has 1 aromatic carbocycles. The lowest BCUT2D eigenvalue weighted by atomic mass is 10.1. The Morgan fingerprint density at radius 2 is 2.20 bits per heavy atom. The number of aliphatic hydroxyl groups excluding tert-OH is 1. The lowest BCUT2D eigenvalue weighted by molar-refractivity contribution is 0.128. The summed E-state index contributed by atoms with van der Waals surface area (Å²) in [4.78, 5) is 0. The smallest absolute Gasteiger partial charge is 0.142 e. The molecule has 2 rings (SSSR count). The van der Waals surface area contributed by atoms with Gasteiger partial charge in [-0.3, -0.25) is 0 Å². The molecule has 0 saturated heterocycles. The molecule has 0 aliphatic carbocycles. The Labute approximate surface area is 122 Å². The second kappa shape index (κ2) is 6.88. The van der Waals surface area contributed by atoms with E-state index in [-0.39, 0.29) is 11.1 Å². The molecule has 0 saturated carbocycles. The maximum atomic E-state index is 13.3. The SMILES string of the molecule is CC(CC(O)c1ccco1)NCc1ccc(Cl)c(F)c1. The monoisotopic (exact) mass is 297 g/mol. The number of benzene rings is 1. The predicted molar refractivity (Wildman–Crippen MR) is 76.0 cm³/mol. The first-order chi connectivity index (χ1) is 9.56. The van der Waals surface area contributed by atoms with Crippen molar-refractivity contribution in [2.45, 2.75) is 32.0 Å². The standard InChI is InChI=1S/C15H17ClFNO2/c1-10(7-14(19)15-3-2-6-20-15)18-9-11-4-5-12(16)13(17)8-11/h2-6,8,10,14,18-19H,7,9H2,1H3. The van der Waals surface area contributed by atoms with Gasteiger partial charge in [-0.15, -0.1) is 0 Å². The summed E-state index contributed by atoms with van der Waals surface area (Å²) in [6.07, 6.45) is 1.41. The molecule has 2 atom stereocenters. The Kier molecular flexibility index (Phi) is 5.17. The van der Waals surface area contributed by atoms with Crippen LogP contribution in [0.4, 0.5) is 4.39 Å². The maximum absolute atomic E-state index is 13.3. The van der Waals surface area contributed by atoms with Crippen molar-refractivity contribution in [3.05, 3.63) is 58.8 Å². The molecule has 2 aromatic rings. The van der Waals surface area contributed by atoms with Gasteiger partial charge in [0.15, 0.2) is 0 Å². The third kappa shape index (κ3) is 4.07. The number of hydrogen-bond donors (Lipinski definition) is 2. The molecule has 20 heavy (non-hydrogen) atoms. The molecule has 0 fully saturated rings. The topological polar surface area (TPSA) is 45.4 Å². The molecule has 0 aliphatic heterocycles. The van der Waals surface area contributed by atoms with Crippen molar-refractivity contribution in [3.8, 4) is 0 Å². The first-order valence-electron chi connectivity index (χ1n) is 6.45. The van der Waals surface area contributed by atoms with Crippen LogP contribution in [0, 0.1) is 5.82 Å². The molecule has 5 heteroatoms. The van der Waals surface area contributed by atoms with Gasteiger partial charge in [-0.1, -0.05) is 17.7 Å². The summed E-state index contributed by atoms with van der Waals surface area (Å²) in [7, 11) is 0. The first-order valence-corrected chi connectivity index (χ1v) is 6.83. The van der Waals surface area contributed by atoms with Crippen LogP contribution in [0.1, 0.15) is 30.8 Å². The summed E-state index contributed by atoms with van der Waals surface area (Å²) in [5, 5.41) is 13.3. The third-order valence-corrected chi connectivity index (χ3v) is 3.39. The van der Waals surface area contributed by atoms with Crippen molar-refractivity contribution < 1.29 is 13.9 Å². The van der Waals surface area contributed by atoms with Crippen LogP contribution in [0.2, 0.25) is 5.02 Å². The summed E-state index contributed by atoms with van der Waals surface area (Å²) in [6.45, 7) is 2.47. The second-order valence-electron chi connectivity index (χ2n) is 4.80. The molecule has 0 amide bonds. The number of hydrogen-bond acceptors (Lipinski definition) is 3. The Morgan fingerprint density at radius 1 is 1.40 bits per heavy atom. The van der Waals surface area contributed by atoms with E-state index < -0.39 is 11.9 Å². The average molecular weight is 298 g/mol. The number of aliphatic hydroxyl groups is 1. The van der Waals surface area contributed by atoms with E-state index in [4.69, 9.17) is 16.0 Å². The van der Waals surface area contributed by atoms with Gasteiger partial charge in [0, 0.05) is 12.6 Å². The summed E-state index contributed by atoms with van der Waals surface area (Å²) in [6, 6.07) is 8.27. The van der Waals surface area contributed by atoms with Gasteiger partial charge in [-0.2, -0.15) is 0 Å². The van der Waals surface area contributed by atoms with Gasteiger partial charge in [-0.25, -0.2) is 4.39 Å². The number of nitrogens with one attached hydrogen (secondary N) is 1. The molecule has 1 heterocycles. The largest absolute Gasteiger partial charge is 0.467 e. The molecule has 0 bridgehead atoms. The lowest BCUT2D eigenvalue weighted by Crippen LogP contribution is -2.27. The van der Waals surface area contributed by atoms with Gasteiger partial charge in [0.25, 0.3) is 0 Å². The van der Waals surface area contributed by atoms with E-state index >= 15 is 0 Å². The fourth-order valence-corrected chi connectivity index (χ4v) is 2.07. The Morgan fingerprint density at radius 3 is 2.85 bits per heavy atom. The van der Waals surface area contributed by atoms with Gasteiger partial charge in [0.05, 0.1) is 11.3 Å². The van der Waals surface area contributed by atoms with Crippen molar-refractivity contribution in [2.24, 2.45) is 0 Å². The van der Waals surface area contributed by atoms with E-state index in [0.29, 0.717) is 18.7 Å². The zero-order chi connectivity index (χ0) is 14.5. The minimum Gasteiger partial charge on any atom is -0.467 e. The number of halogens is 2. The number of rotatable bonds is 6. The van der Waals surface area contributed by atoms with Crippen molar-refractivity contribution in [1.82, 2.24) is 5.32 Å². The van der Waals surface area contributed by atoms with Gasteiger partial charge in [0.1, 0.15) is 17.7 Å². The lowest BCUT2D eigenvalue weighted by Gasteiger charge is -2.16. The highest BCUT2D eigenvalue weighted by molar-refractivity contribution is 6.30. The molecule has 0 radical (unpaired) electrons. The normalized spacial score (nSPS) is 14.2. The van der Waals surface area contributed by atoms with Crippen LogP contribution in [-0.2, 0) is 6.54 Å². The average Bonchev–Trinajstić information content (AvgIpc) is 2.94. The van der Waals surface area contributed by atoms with Crippen LogP contribution in [0.25, 0.3) is 0 Å². The quantitative estimate of drug-likeness (QED) is 0.855. The minimum atomic E-state index is -0.644. The summed E-state index contributed by atoms with van der Waals surface area (Å²) in [5.74, 6) is 0.130. The van der Waals surface area contributed by atoms with Crippen molar-refractivity contribution in [1.29, 1.82) is 0 Å². The molecular weight excluding hydrogens is 281 g/mol. The van der Waals surface area contributed by atoms with Crippen LogP contribution in [0.5, 0.6) is 0 Å². The van der Waals surface area contributed by atoms with E-state index in [2.05, 4.69) is 5.32 Å². The van der Waals surface area contributed by atoms with E-state index in [1.807, 2.05) is 6.92 Å². The zero-order valence-corrected chi connectivity index (χ0v) is 11.9. The van der Waals surface area contributed by atoms with Gasteiger partial charge >= 0.3 is 0 Å². The zero-order valence-electron chi connectivity index (χ0n) is 11.1.